The molecule has 0 aromatic heterocycles. The Labute approximate surface area is 185 Å². The third kappa shape index (κ3) is 4.81. The van der Waals surface area contributed by atoms with E-state index < -0.39 is 12.1 Å². The first-order valence-corrected chi connectivity index (χ1v) is 10.3. The van der Waals surface area contributed by atoms with Crippen molar-refractivity contribution >= 4 is 40.6 Å². The number of nitrogens with one attached hydrogen (secondary N) is 2. The molecule has 7 heteroatoms. The minimum atomic E-state index is -0.581. The van der Waals surface area contributed by atoms with Crippen molar-refractivity contribution in [2.45, 2.75) is 26.5 Å². The molecule has 4 rings (SSSR count). The maximum atomic E-state index is 12.9. The second-order valence-corrected chi connectivity index (χ2v) is 7.88. The third-order valence-electron chi connectivity index (χ3n) is 4.97. The number of hydrogen-bond donors (Lipinski definition) is 2. The summed E-state index contributed by atoms with van der Waals surface area (Å²) in [7, 11) is 0. The lowest BCUT2D eigenvalue weighted by atomic mass is 10.1. The number of benzene rings is 3. The number of anilines is 3. The van der Waals surface area contributed by atoms with Crippen LogP contribution in [0.2, 0.25) is 5.02 Å². The van der Waals surface area contributed by atoms with Gasteiger partial charge in [-0.05, 0) is 55.8 Å². The summed E-state index contributed by atoms with van der Waals surface area (Å²) in [5, 5.41) is 6.06. The number of carbonyl (C=O) groups excluding carboxylic acids is 2. The molecule has 0 bridgehead atoms. The largest absolute Gasteiger partial charge is 0.479 e. The van der Waals surface area contributed by atoms with E-state index in [9.17, 15) is 9.59 Å². The highest BCUT2D eigenvalue weighted by atomic mass is 35.5. The van der Waals surface area contributed by atoms with Gasteiger partial charge in [-0.15, -0.1) is 0 Å². The average Bonchev–Trinajstić information content (AvgIpc) is 2.73. The number of ether oxygens (including phenoxy) is 1. The van der Waals surface area contributed by atoms with Crippen LogP contribution in [-0.4, -0.2) is 18.0 Å². The Hall–Kier alpha value is -3.51. The molecule has 2 N–H and O–H groups in total. The van der Waals surface area contributed by atoms with Gasteiger partial charge in [-0.2, -0.15) is 0 Å². The van der Waals surface area contributed by atoms with Crippen molar-refractivity contribution < 1.29 is 14.3 Å². The second kappa shape index (κ2) is 8.70. The van der Waals surface area contributed by atoms with Gasteiger partial charge in [0.2, 0.25) is 0 Å². The zero-order valence-corrected chi connectivity index (χ0v) is 17.9. The van der Waals surface area contributed by atoms with Gasteiger partial charge in [0.15, 0.2) is 6.10 Å². The molecule has 0 saturated carbocycles. The molecule has 6 nitrogen and oxygen atoms in total. The number of fused-ring (bicyclic) bond motifs is 1. The van der Waals surface area contributed by atoms with E-state index in [4.69, 9.17) is 16.3 Å². The highest BCUT2D eigenvalue weighted by Crippen LogP contribution is 2.37. The maximum absolute atomic E-state index is 12.9. The quantitative estimate of drug-likeness (QED) is 0.559. The zero-order chi connectivity index (χ0) is 22.0. The molecule has 1 aliphatic heterocycles. The molecule has 1 unspecified atom stereocenters. The molecule has 31 heavy (non-hydrogen) atoms. The fourth-order valence-corrected chi connectivity index (χ4v) is 3.57. The summed E-state index contributed by atoms with van der Waals surface area (Å²) in [6, 6.07) is 19.8. The van der Waals surface area contributed by atoms with Gasteiger partial charge in [0.25, 0.3) is 5.91 Å². The molecule has 1 atom stereocenters. The van der Waals surface area contributed by atoms with Crippen LogP contribution in [0.5, 0.6) is 5.75 Å². The van der Waals surface area contributed by atoms with E-state index in [1.807, 2.05) is 31.2 Å². The third-order valence-corrected chi connectivity index (χ3v) is 5.20. The Bertz CT molecular complexity index is 1130. The number of urea groups is 1. The molecule has 3 aromatic rings. The van der Waals surface area contributed by atoms with E-state index in [2.05, 4.69) is 10.6 Å². The van der Waals surface area contributed by atoms with Crippen LogP contribution >= 0.6 is 11.6 Å². The van der Waals surface area contributed by atoms with Gasteiger partial charge in [-0.3, -0.25) is 4.79 Å². The van der Waals surface area contributed by atoms with Crippen molar-refractivity contribution in [1.82, 2.24) is 0 Å². The van der Waals surface area contributed by atoms with Crippen molar-refractivity contribution in [2.24, 2.45) is 0 Å². The van der Waals surface area contributed by atoms with Gasteiger partial charge in [0.1, 0.15) is 5.75 Å². The predicted octanol–water partition coefficient (Wildman–Crippen LogP) is 5.61. The normalized spacial score (nSPS) is 15.1. The topological polar surface area (TPSA) is 70.7 Å². The first-order valence-electron chi connectivity index (χ1n) is 9.90. The predicted molar refractivity (Wildman–Crippen MR) is 123 cm³/mol. The van der Waals surface area contributed by atoms with Crippen LogP contribution < -0.4 is 20.3 Å². The second-order valence-electron chi connectivity index (χ2n) is 7.44. The average molecular weight is 436 g/mol. The number of hydrogen-bond acceptors (Lipinski definition) is 3. The standard InChI is InChI=1S/C24H22ClN3O3/c1-15-6-8-17(9-7-15)14-28-21-13-20(10-11-22(21)31-16(2)23(28)29)27-24(30)26-19-5-3-4-18(25)12-19/h3-13,16H,14H2,1-2H3,(H2,26,27,30). The van der Waals surface area contributed by atoms with Crippen LogP contribution in [0.4, 0.5) is 21.9 Å². The fourth-order valence-electron chi connectivity index (χ4n) is 3.38. The fraction of sp³-hybridized carbons (Fsp3) is 0.167. The van der Waals surface area contributed by atoms with E-state index in [1.165, 1.54) is 0 Å². The lowest BCUT2D eigenvalue weighted by molar-refractivity contribution is -0.125. The Kier molecular flexibility index (Phi) is 5.82. The summed E-state index contributed by atoms with van der Waals surface area (Å²) in [5.41, 5.74) is 3.90. The summed E-state index contributed by atoms with van der Waals surface area (Å²) in [6.07, 6.45) is -0.581. The van der Waals surface area contributed by atoms with Crippen LogP contribution in [0.3, 0.4) is 0 Å². The Morgan fingerprint density at radius 2 is 1.74 bits per heavy atom. The number of aryl methyl sites for hydroxylation is 1. The van der Waals surface area contributed by atoms with Crippen LogP contribution in [0.25, 0.3) is 0 Å². The zero-order valence-electron chi connectivity index (χ0n) is 17.2. The van der Waals surface area contributed by atoms with Gasteiger partial charge >= 0.3 is 6.03 Å². The summed E-state index contributed by atoms with van der Waals surface area (Å²) in [6.45, 7) is 4.17. The van der Waals surface area contributed by atoms with Crippen LogP contribution in [0.1, 0.15) is 18.1 Å². The number of carbonyl (C=O) groups is 2. The minimum Gasteiger partial charge on any atom is -0.479 e. The van der Waals surface area contributed by atoms with Crippen LogP contribution in [0.15, 0.2) is 66.7 Å². The van der Waals surface area contributed by atoms with Crippen molar-refractivity contribution in [1.29, 1.82) is 0 Å². The van der Waals surface area contributed by atoms with Gasteiger partial charge < -0.3 is 20.3 Å². The molecule has 1 heterocycles. The summed E-state index contributed by atoms with van der Waals surface area (Å²) >= 11 is 5.96. The number of nitrogens with zero attached hydrogens (tertiary/aromatic N) is 1. The van der Waals surface area contributed by atoms with Gasteiger partial charge in [0.05, 0.1) is 12.2 Å². The van der Waals surface area contributed by atoms with Gasteiger partial charge in [-0.1, -0.05) is 47.5 Å². The number of rotatable bonds is 4. The molecule has 0 saturated heterocycles. The van der Waals surface area contributed by atoms with Gasteiger partial charge in [-0.25, -0.2) is 4.79 Å². The molecule has 0 fully saturated rings. The molecule has 158 valence electrons. The lowest BCUT2D eigenvalue weighted by Gasteiger charge is -2.33. The van der Waals surface area contributed by atoms with E-state index in [0.717, 1.165) is 11.1 Å². The maximum Gasteiger partial charge on any atom is 0.323 e. The molecule has 3 aromatic carbocycles. The summed E-state index contributed by atoms with van der Waals surface area (Å²) in [5.74, 6) is 0.466. The lowest BCUT2D eigenvalue weighted by Crippen LogP contribution is -2.44. The number of halogens is 1. The molecule has 3 amide bonds. The minimum absolute atomic E-state index is 0.131. The van der Waals surface area contributed by atoms with E-state index >= 15 is 0 Å². The molecule has 1 aliphatic rings. The summed E-state index contributed by atoms with van der Waals surface area (Å²) in [4.78, 5) is 26.9. The van der Waals surface area contributed by atoms with Crippen LogP contribution in [0, 0.1) is 6.92 Å². The first-order chi connectivity index (χ1) is 14.9. The van der Waals surface area contributed by atoms with Crippen molar-refractivity contribution in [2.75, 3.05) is 15.5 Å². The first kappa shape index (κ1) is 20.8. The monoisotopic (exact) mass is 435 g/mol. The van der Waals surface area contributed by atoms with E-state index in [1.54, 1.807) is 54.3 Å². The Morgan fingerprint density at radius 1 is 1.03 bits per heavy atom. The van der Waals surface area contributed by atoms with Crippen molar-refractivity contribution in [3.8, 4) is 5.75 Å². The van der Waals surface area contributed by atoms with Gasteiger partial charge in [0, 0.05) is 16.4 Å². The molecular formula is C24H22ClN3O3. The van der Waals surface area contributed by atoms with E-state index in [-0.39, 0.29) is 5.91 Å². The molecule has 0 aliphatic carbocycles. The Morgan fingerprint density at radius 3 is 2.45 bits per heavy atom. The van der Waals surface area contributed by atoms with E-state index in [0.29, 0.717) is 34.4 Å². The Balaban J connectivity index is 1.56. The molecule has 0 radical (unpaired) electrons. The summed E-state index contributed by atoms with van der Waals surface area (Å²) < 4.78 is 5.77. The number of amides is 3. The smallest absolute Gasteiger partial charge is 0.323 e. The molecule has 0 spiro atoms. The SMILES string of the molecule is Cc1ccc(CN2C(=O)C(C)Oc3ccc(NC(=O)Nc4cccc(Cl)c4)cc32)cc1. The highest BCUT2D eigenvalue weighted by Gasteiger charge is 2.31. The van der Waals surface area contributed by atoms with Crippen molar-refractivity contribution in [3.63, 3.8) is 0 Å². The van der Waals surface area contributed by atoms with Crippen LogP contribution in [-0.2, 0) is 11.3 Å². The van der Waals surface area contributed by atoms with Crippen molar-refractivity contribution in [3.05, 3.63) is 82.9 Å². The highest BCUT2D eigenvalue weighted by molar-refractivity contribution is 6.30. The molecular weight excluding hydrogens is 414 g/mol.